The maximum Gasteiger partial charge on any atom is 0.341 e. The molecule has 2 aromatic rings. The standard InChI is InChI=1S/C21H25ClN2O4S/c1-4-27-21(26)19-16(15-7-5-6-8-17(15)22)12-29-20(19)23-18(25)11-24-9-13(2)28-14(3)10-24/h5-8,12-14H,4,9-11H2,1-3H3,(H,23,25)/p+1/t13-,14+. The fraction of sp³-hybridized carbons (Fsp3) is 0.429. The number of benzene rings is 1. The van der Waals surface area contributed by atoms with Crippen molar-refractivity contribution in [2.45, 2.75) is 33.0 Å². The summed E-state index contributed by atoms with van der Waals surface area (Å²) in [5.74, 6) is -0.612. The van der Waals surface area contributed by atoms with Gasteiger partial charge in [0.05, 0.1) is 6.61 Å². The number of ether oxygens (including phenoxy) is 2. The molecule has 0 saturated carbocycles. The zero-order valence-corrected chi connectivity index (χ0v) is 18.4. The quantitative estimate of drug-likeness (QED) is 0.682. The van der Waals surface area contributed by atoms with Crippen LogP contribution in [0.2, 0.25) is 5.02 Å². The highest BCUT2D eigenvalue weighted by molar-refractivity contribution is 7.15. The van der Waals surface area contributed by atoms with E-state index >= 15 is 0 Å². The summed E-state index contributed by atoms with van der Waals surface area (Å²) in [4.78, 5) is 26.5. The lowest BCUT2D eigenvalue weighted by atomic mass is 10.0. The van der Waals surface area contributed by atoms with Gasteiger partial charge in [-0.05, 0) is 26.8 Å². The molecule has 0 radical (unpaired) electrons. The van der Waals surface area contributed by atoms with Crippen molar-refractivity contribution in [3.63, 3.8) is 0 Å². The van der Waals surface area contributed by atoms with E-state index in [4.69, 9.17) is 21.1 Å². The molecule has 1 amide bonds. The van der Waals surface area contributed by atoms with E-state index in [1.165, 1.54) is 11.3 Å². The average Bonchev–Trinajstić information content (AvgIpc) is 3.04. The van der Waals surface area contributed by atoms with Gasteiger partial charge in [0.1, 0.15) is 35.9 Å². The van der Waals surface area contributed by atoms with Crippen molar-refractivity contribution in [2.75, 3.05) is 31.6 Å². The van der Waals surface area contributed by atoms with Crippen molar-refractivity contribution in [2.24, 2.45) is 0 Å². The van der Waals surface area contributed by atoms with Crippen LogP contribution in [0.1, 0.15) is 31.1 Å². The number of morpholine rings is 1. The van der Waals surface area contributed by atoms with Crippen LogP contribution in [-0.2, 0) is 14.3 Å². The van der Waals surface area contributed by atoms with Crippen molar-refractivity contribution in [3.8, 4) is 11.1 Å². The third kappa shape index (κ3) is 5.36. The Morgan fingerprint density at radius 1 is 1.24 bits per heavy atom. The molecule has 1 aliphatic rings. The van der Waals surface area contributed by atoms with Gasteiger partial charge in [0.15, 0.2) is 6.54 Å². The summed E-state index contributed by atoms with van der Waals surface area (Å²) in [6.45, 7) is 7.90. The second kappa shape index (κ2) is 9.71. The zero-order chi connectivity index (χ0) is 21.0. The minimum atomic E-state index is -0.472. The summed E-state index contributed by atoms with van der Waals surface area (Å²) in [6, 6.07) is 7.31. The van der Waals surface area contributed by atoms with Crippen LogP contribution in [0.25, 0.3) is 11.1 Å². The number of hydrogen-bond donors (Lipinski definition) is 2. The molecule has 8 heteroatoms. The van der Waals surface area contributed by atoms with Crippen molar-refractivity contribution >= 4 is 39.8 Å². The highest BCUT2D eigenvalue weighted by Crippen LogP contribution is 2.39. The highest BCUT2D eigenvalue weighted by Gasteiger charge is 2.29. The lowest BCUT2D eigenvalue weighted by molar-refractivity contribution is -0.907. The number of hydrogen-bond acceptors (Lipinski definition) is 5. The van der Waals surface area contributed by atoms with Gasteiger partial charge < -0.3 is 19.7 Å². The normalized spacial score (nSPS) is 21.6. The van der Waals surface area contributed by atoms with Crippen LogP contribution in [0.4, 0.5) is 5.00 Å². The molecule has 1 unspecified atom stereocenters. The van der Waals surface area contributed by atoms with Gasteiger partial charge in [-0.25, -0.2) is 4.79 Å². The van der Waals surface area contributed by atoms with Gasteiger partial charge in [0.25, 0.3) is 5.91 Å². The average molecular weight is 438 g/mol. The molecule has 0 bridgehead atoms. The smallest absolute Gasteiger partial charge is 0.341 e. The number of nitrogens with one attached hydrogen (secondary N) is 2. The predicted molar refractivity (Wildman–Crippen MR) is 115 cm³/mol. The van der Waals surface area contributed by atoms with E-state index in [0.29, 0.717) is 27.7 Å². The molecule has 6 nitrogen and oxygen atoms in total. The fourth-order valence-corrected chi connectivity index (χ4v) is 4.87. The molecule has 3 atom stereocenters. The van der Waals surface area contributed by atoms with E-state index in [9.17, 15) is 9.59 Å². The maximum absolute atomic E-state index is 12.7. The van der Waals surface area contributed by atoms with Crippen LogP contribution in [0.15, 0.2) is 29.6 Å². The maximum atomic E-state index is 12.7. The summed E-state index contributed by atoms with van der Waals surface area (Å²) in [7, 11) is 0. The summed E-state index contributed by atoms with van der Waals surface area (Å²) in [6.07, 6.45) is 0.232. The summed E-state index contributed by atoms with van der Waals surface area (Å²) in [5.41, 5.74) is 1.74. The molecule has 1 aliphatic heterocycles. The number of rotatable bonds is 6. The second-order valence-corrected chi connectivity index (χ2v) is 8.48. The van der Waals surface area contributed by atoms with E-state index < -0.39 is 5.97 Å². The van der Waals surface area contributed by atoms with Crippen molar-refractivity contribution in [1.82, 2.24) is 0 Å². The Balaban J connectivity index is 1.82. The third-order valence-corrected chi connectivity index (χ3v) is 5.94. The predicted octanol–water partition coefficient (Wildman–Crippen LogP) is 2.88. The molecule has 1 saturated heterocycles. The first-order valence-corrected chi connectivity index (χ1v) is 11.0. The van der Waals surface area contributed by atoms with Crippen LogP contribution in [0.3, 0.4) is 0 Å². The Morgan fingerprint density at radius 3 is 2.59 bits per heavy atom. The fourth-order valence-electron chi connectivity index (χ4n) is 3.67. The van der Waals surface area contributed by atoms with Gasteiger partial charge in [-0.1, -0.05) is 29.8 Å². The van der Waals surface area contributed by atoms with E-state index in [2.05, 4.69) is 5.32 Å². The molecule has 3 rings (SSSR count). The lowest BCUT2D eigenvalue weighted by Gasteiger charge is -2.31. The lowest BCUT2D eigenvalue weighted by Crippen LogP contribution is -3.16. The minimum absolute atomic E-state index is 0.116. The minimum Gasteiger partial charge on any atom is -0.462 e. The van der Waals surface area contributed by atoms with E-state index in [-0.39, 0.29) is 24.7 Å². The highest BCUT2D eigenvalue weighted by atomic mass is 35.5. The van der Waals surface area contributed by atoms with Gasteiger partial charge in [0.2, 0.25) is 0 Å². The Hall–Kier alpha value is -1.93. The van der Waals surface area contributed by atoms with Gasteiger partial charge in [-0.15, -0.1) is 11.3 Å². The van der Waals surface area contributed by atoms with Crippen molar-refractivity contribution in [1.29, 1.82) is 0 Å². The van der Waals surface area contributed by atoms with Crippen molar-refractivity contribution in [3.05, 3.63) is 40.2 Å². The van der Waals surface area contributed by atoms with Crippen LogP contribution >= 0.6 is 22.9 Å². The Morgan fingerprint density at radius 2 is 1.93 bits per heavy atom. The number of amides is 1. The summed E-state index contributed by atoms with van der Waals surface area (Å²) < 4.78 is 11.0. The van der Waals surface area contributed by atoms with E-state index in [1.807, 2.05) is 37.4 Å². The molecule has 156 valence electrons. The molecule has 0 spiro atoms. The molecule has 2 N–H and O–H groups in total. The molecule has 0 aliphatic carbocycles. The molecular formula is C21H26ClN2O4S+. The monoisotopic (exact) mass is 437 g/mol. The van der Waals surface area contributed by atoms with Crippen molar-refractivity contribution < 1.29 is 24.0 Å². The Bertz CT molecular complexity index is 875. The van der Waals surface area contributed by atoms with E-state index in [1.54, 1.807) is 13.0 Å². The molecular weight excluding hydrogens is 412 g/mol. The first-order chi connectivity index (χ1) is 13.9. The Kier molecular flexibility index (Phi) is 7.29. The zero-order valence-electron chi connectivity index (χ0n) is 16.8. The number of esters is 1. The largest absolute Gasteiger partial charge is 0.462 e. The Labute approximate surface area is 179 Å². The summed E-state index contributed by atoms with van der Waals surface area (Å²) in [5, 5.41) is 5.76. The molecule has 29 heavy (non-hydrogen) atoms. The first-order valence-electron chi connectivity index (χ1n) is 9.71. The van der Waals surface area contributed by atoms with E-state index in [0.717, 1.165) is 23.6 Å². The van der Waals surface area contributed by atoms with Crippen LogP contribution in [0.5, 0.6) is 0 Å². The van der Waals surface area contributed by atoms with Gasteiger partial charge >= 0.3 is 5.97 Å². The molecule has 1 aromatic carbocycles. The van der Waals surface area contributed by atoms with Crippen LogP contribution in [0, 0.1) is 0 Å². The number of carbonyl (C=O) groups excluding carboxylic acids is 2. The number of thiophene rings is 1. The molecule has 1 fully saturated rings. The van der Waals surface area contributed by atoms with Crippen LogP contribution in [-0.4, -0.2) is 50.3 Å². The third-order valence-electron chi connectivity index (χ3n) is 4.72. The van der Waals surface area contributed by atoms with Gasteiger partial charge in [-0.2, -0.15) is 0 Å². The number of halogens is 1. The molecule has 2 heterocycles. The SMILES string of the molecule is CCOC(=O)c1c(-c2ccccc2Cl)csc1NC(=O)C[NH+]1C[C@@H](C)O[C@@H](C)C1. The van der Waals surface area contributed by atoms with Gasteiger partial charge in [0, 0.05) is 21.5 Å². The molecule has 1 aromatic heterocycles. The first kappa shape index (κ1) is 21.8. The van der Waals surface area contributed by atoms with Gasteiger partial charge in [-0.3, -0.25) is 4.79 Å². The second-order valence-electron chi connectivity index (χ2n) is 7.19. The number of quaternary nitrogens is 1. The summed E-state index contributed by atoms with van der Waals surface area (Å²) >= 11 is 7.63. The topological polar surface area (TPSA) is 69.1 Å². The number of anilines is 1. The number of carbonyl (C=O) groups is 2. The van der Waals surface area contributed by atoms with Crippen LogP contribution < -0.4 is 10.2 Å².